The van der Waals surface area contributed by atoms with Crippen molar-refractivity contribution in [3.8, 4) is 5.75 Å². The van der Waals surface area contributed by atoms with Crippen LogP contribution in [0.15, 0.2) is 41.5 Å². The average molecular weight is 410 g/mol. The predicted molar refractivity (Wildman–Crippen MR) is 102 cm³/mol. The number of nitrogens with zero attached hydrogens (tertiary/aromatic N) is 2. The molecule has 2 aromatic carbocycles. The van der Waals surface area contributed by atoms with Gasteiger partial charge in [0, 0.05) is 22.2 Å². The van der Waals surface area contributed by atoms with Gasteiger partial charge in [-0.2, -0.15) is 5.10 Å². The largest absolute Gasteiger partial charge is 0.505 e. The number of hydrogen-bond donors (Lipinski definition) is 2. The Kier molecular flexibility index (Phi) is 5.08. The second kappa shape index (κ2) is 7.28. The van der Waals surface area contributed by atoms with Gasteiger partial charge >= 0.3 is 0 Å². The van der Waals surface area contributed by atoms with Gasteiger partial charge in [0.2, 0.25) is 0 Å². The quantitative estimate of drug-likeness (QED) is 0.373. The summed E-state index contributed by atoms with van der Waals surface area (Å²) in [6.45, 7) is 0. The first kappa shape index (κ1) is 18.1. The van der Waals surface area contributed by atoms with E-state index in [1.807, 2.05) is 0 Å². The average Bonchev–Trinajstić information content (AvgIpc) is 3.02. The minimum atomic E-state index is -0.491. The molecule has 0 radical (unpaired) electrons. The number of carbonyl (C=O) groups excluding carboxylic acids is 1. The molecule has 1 amide bonds. The summed E-state index contributed by atoms with van der Waals surface area (Å²) in [5, 5.41) is 24.9. The van der Waals surface area contributed by atoms with Crippen LogP contribution >= 0.6 is 34.5 Å². The first-order valence-corrected chi connectivity index (χ1v) is 8.62. The molecule has 0 saturated heterocycles. The zero-order chi connectivity index (χ0) is 18.8. The van der Waals surface area contributed by atoms with Crippen molar-refractivity contribution >= 4 is 62.4 Å². The SMILES string of the molecule is O=C(NN=Cc1cc(Cl)c(O)c(Cl)c1)c1cc2cc([N+](=O)[O-])ccc2s1. The van der Waals surface area contributed by atoms with Gasteiger partial charge in [-0.25, -0.2) is 5.43 Å². The third kappa shape index (κ3) is 3.77. The van der Waals surface area contributed by atoms with Crippen molar-refractivity contribution in [2.45, 2.75) is 0 Å². The Balaban J connectivity index is 1.76. The van der Waals surface area contributed by atoms with Crippen molar-refractivity contribution in [1.82, 2.24) is 5.43 Å². The number of benzene rings is 2. The highest BCUT2D eigenvalue weighted by Crippen LogP contribution is 2.32. The van der Waals surface area contributed by atoms with E-state index < -0.39 is 10.8 Å². The number of hydrogen-bond acceptors (Lipinski definition) is 6. The van der Waals surface area contributed by atoms with Gasteiger partial charge in [0.05, 0.1) is 26.1 Å². The summed E-state index contributed by atoms with van der Waals surface area (Å²) in [6, 6.07) is 8.84. The molecule has 7 nitrogen and oxygen atoms in total. The van der Waals surface area contributed by atoms with Crippen molar-refractivity contribution in [2.24, 2.45) is 5.10 Å². The Hall–Kier alpha value is -2.68. The Morgan fingerprint density at radius 1 is 1.23 bits per heavy atom. The molecule has 3 rings (SSSR count). The molecule has 0 aliphatic rings. The molecule has 0 spiro atoms. The maximum absolute atomic E-state index is 12.2. The van der Waals surface area contributed by atoms with Crippen LogP contribution < -0.4 is 5.43 Å². The maximum atomic E-state index is 12.2. The molecule has 0 unspecified atom stereocenters. The summed E-state index contributed by atoms with van der Waals surface area (Å²) < 4.78 is 0.752. The van der Waals surface area contributed by atoms with E-state index in [2.05, 4.69) is 10.5 Å². The monoisotopic (exact) mass is 409 g/mol. The number of phenols is 1. The molecular formula is C16H9Cl2N3O4S. The fraction of sp³-hybridized carbons (Fsp3) is 0. The molecule has 0 fully saturated rings. The Bertz CT molecular complexity index is 1040. The van der Waals surface area contributed by atoms with Crippen molar-refractivity contribution < 1.29 is 14.8 Å². The topological polar surface area (TPSA) is 105 Å². The van der Waals surface area contributed by atoms with Crippen LogP contribution in [0.3, 0.4) is 0 Å². The number of nitrogens with one attached hydrogen (secondary N) is 1. The predicted octanol–water partition coefficient (Wildman–Crippen LogP) is 4.59. The zero-order valence-electron chi connectivity index (χ0n) is 12.8. The number of non-ortho nitro benzene ring substituents is 1. The number of amides is 1. The van der Waals surface area contributed by atoms with Crippen LogP contribution in [0.25, 0.3) is 10.1 Å². The van der Waals surface area contributed by atoms with E-state index in [0.717, 1.165) is 4.70 Å². The molecular weight excluding hydrogens is 401 g/mol. The molecule has 10 heteroatoms. The second-order valence-corrected chi connectivity index (χ2v) is 7.02. The van der Waals surface area contributed by atoms with E-state index in [1.54, 1.807) is 12.1 Å². The van der Waals surface area contributed by atoms with E-state index in [9.17, 15) is 20.0 Å². The lowest BCUT2D eigenvalue weighted by Gasteiger charge is -2.01. The van der Waals surface area contributed by atoms with Crippen molar-refractivity contribution in [3.63, 3.8) is 0 Å². The molecule has 26 heavy (non-hydrogen) atoms. The highest BCUT2D eigenvalue weighted by Gasteiger charge is 2.13. The molecule has 2 N–H and O–H groups in total. The minimum absolute atomic E-state index is 0.0404. The number of hydrazone groups is 1. The summed E-state index contributed by atoms with van der Waals surface area (Å²) in [6.07, 6.45) is 1.33. The van der Waals surface area contributed by atoms with E-state index in [0.29, 0.717) is 15.8 Å². The van der Waals surface area contributed by atoms with Crippen molar-refractivity contribution in [1.29, 1.82) is 0 Å². The first-order chi connectivity index (χ1) is 12.3. The van der Waals surface area contributed by atoms with Gasteiger partial charge < -0.3 is 5.11 Å². The van der Waals surface area contributed by atoms with Crippen LogP contribution in [0.5, 0.6) is 5.75 Å². The van der Waals surface area contributed by atoms with Gasteiger partial charge in [0.25, 0.3) is 11.6 Å². The molecule has 0 atom stereocenters. The number of fused-ring (bicyclic) bond motifs is 1. The highest BCUT2D eigenvalue weighted by atomic mass is 35.5. The Labute approximate surface area is 160 Å². The summed E-state index contributed by atoms with van der Waals surface area (Å²) in [5.74, 6) is -0.685. The highest BCUT2D eigenvalue weighted by molar-refractivity contribution is 7.20. The van der Waals surface area contributed by atoms with Gasteiger partial charge in [-0.3, -0.25) is 14.9 Å². The lowest BCUT2D eigenvalue weighted by Crippen LogP contribution is -2.16. The number of thiophene rings is 1. The summed E-state index contributed by atoms with van der Waals surface area (Å²) in [5.41, 5.74) is 2.81. The number of phenolic OH excluding ortho intramolecular Hbond substituents is 1. The normalized spacial score (nSPS) is 11.2. The third-order valence-electron chi connectivity index (χ3n) is 3.35. The molecule has 3 aromatic rings. The summed E-state index contributed by atoms with van der Waals surface area (Å²) >= 11 is 12.8. The molecule has 132 valence electrons. The first-order valence-electron chi connectivity index (χ1n) is 7.04. The van der Waals surface area contributed by atoms with Crippen LogP contribution in [0.4, 0.5) is 5.69 Å². The van der Waals surface area contributed by atoms with Crippen LogP contribution in [-0.2, 0) is 0 Å². The fourth-order valence-corrected chi connectivity index (χ4v) is 3.57. The number of nitro benzene ring substituents is 1. The van der Waals surface area contributed by atoms with Crippen molar-refractivity contribution in [2.75, 3.05) is 0 Å². The van der Waals surface area contributed by atoms with Crippen LogP contribution in [0, 0.1) is 10.1 Å². The van der Waals surface area contributed by atoms with Crippen LogP contribution in [-0.4, -0.2) is 22.2 Å². The lowest BCUT2D eigenvalue weighted by molar-refractivity contribution is -0.384. The van der Waals surface area contributed by atoms with E-state index in [-0.39, 0.29) is 21.5 Å². The van der Waals surface area contributed by atoms with Gasteiger partial charge in [0.1, 0.15) is 0 Å². The number of nitro groups is 1. The molecule has 0 bridgehead atoms. The van der Waals surface area contributed by atoms with E-state index in [4.69, 9.17) is 23.2 Å². The number of rotatable bonds is 4. The molecule has 0 aliphatic heterocycles. The number of aromatic hydroxyl groups is 1. The lowest BCUT2D eigenvalue weighted by atomic mass is 10.2. The van der Waals surface area contributed by atoms with Gasteiger partial charge in [-0.05, 0) is 29.8 Å². The smallest absolute Gasteiger partial charge is 0.281 e. The van der Waals surface area contributed by atoms with Crippen LogP contribution in [0.1, 0.15) is 15.2 Å². The molecule has 1 heterocycles. The van der Waals surface area contributed by atoms with Gasteiger partial charge in [0.15, 0.2) is 5.75 Å². The minimum Gasteiger partial charge on any atom is -0.505 e. The molecule has 1 aromatic heterocycles. The van der Waals surface area contributed by atoms with Gasteiger partial charge in [-0.15, -0.1) is 11.3 Å². The summed E-state index contributed by atoms with van der Waals surface area (Å²) in [4.78, 5) is 22.8. The Morgan fingerprint density at radius 2 is 1.92 bits per heavy atom. The summed E-state index contributed by atoms with van der Waals surface area (Å²) in [7, 11) is 0. The Morgan fingerprint density at radius 3 is 2.58 bits per heavy atom. The fourth-order valence-electron chi connectivity index (χ4n) is 2.14. The second-order valence-electron chi connectivity index (χ2n) is 5.12. The van der Waals surface area contributed by atoms with E-state index in [1.165, 1.54) is 41.8 Å². The number of carbonyl (C=O) groups is 1. The molecule has 0 saturated carbocycles. The maximum Gasteiger partial charge on any atom is 0.281 e. The number of halogens is 2. The standard InChI is InChI=1S/C16H9Cl2N3O4S/c17-11-3-8(4-12(18)15(11)22)7-19-20-16(23)14-6-9-5-10(21(24)25)1-2-13(9)26-14/h1-7,22H,(H,20,23). The van der Waals surface area contributed by atoms with Gasteiger partial charge in [-0.1, -0.05) is 23.2 Å². The third-order valence-corrected chi connectivity index (χ3v) is 5.04. The van der Waals surface area contributed by atoms with E-state index >= 15 is 0 Å². The zero-order valence-corrected chi connectivity index (χ0v) is 15.1. The molecule has 0 aliphatic carbocycles. The van der Waals surface area contributed by atoms with Crippen molar-refractivity contribution in [3.05, 3.63) is 67.0 Å². The van der Waals surface area contributed by atoms with Crippen LogP contribution in [0.2, 0.25) is 10.0 Å².